The lowest BCUT2D eigenvalue weighted by Gasteiger charge is -2.11. The van der Waals surface area contributed by atoms with Gasteiger partial charge < -0.3 is 20.1 Å². The lowest BCUT2D eigenvalue weighted by Crippen LogP contribution is -2.31. The number of nitrogens with one attached hydrogen (secondary N) is 2. The number of carbonyl (C=O) groups is 3. The predicted octanol–water partition coefficient (Wildman–Crippen LogP) is 2.42. The highest BCUT2D eigenvalue weighted by Crippen LogP contribution is 2.24. The van der Waals surface area contributed by atoms with Gasteiger partial charge in [-0.15, -0.1) is 0 Å². The molecule has 0 saturated heterocycles. The van der Waals surface area contributed by atoms with Crippen LogP contribution in [-0.4, -0.2) is 49.6 Å². The number of ether oxygens (including phenoxy) is 2. The Morgan fingerprint density at radius 3 is 2.53 bits per heavy atom. The van der Waals surface area contributed by atoms with Crippen molar-refractivity contribution in [2.45, 2.75) is 0 Å². The summed E-state index contributed by atoms with van der Waals surface area (Å²) in [6, 6.07) is 9.43. The van der Waals surface area contributed by atoms with Gasteiger partial charge in [0.05, 0.1) is 33.4 Å². The molecule has 0 bridgehead atoms. The average molecular weight is 436 g/mol. The highest BCUT2D eigenvalue weighted by Gasteiger charge is 2.19. The first-order valence-corrected chi connectivity index (χ1v) is 8.98. The number of para-hydroxylation sites is 1. The van der Waals surface area contributed by atoms with Crippen molar-refractivity contribution in [3.63, 3.8) is 0 Å². The van der Waals surface area contributed by atoms with E-state index in [0.717, 1.165) is 12.1 Å². The van der Waals surface area contributed by atoms with Crippen LogP contribution < -0.4 is 10.6 Å². The van der Waals surface area contributed by atoms with Crippen LogP contribution in [0.4, 0.5) is 11.4 Å². The molecule has 0 radical (unpaired) electrons. The summed E-state index contributed by atoms with van der Waals surface area (Å²) in [5.41, 5.74) is -0.123. The van der Waals surface area contributed by atoms with E-state index in [2.05, 4.69) is 10.6 Å². The van der Waals surface area contributed by atoms with Gasteiger partial charge in [0.2, 0.25) is 0 Å². The number of benzene rings is 2. The number of carbonyl (C=O) groups excluding carboxylic acids is 3. The number of nitrogens with zero attached hydrogens (tertiary/aromatic N) is 1. The van der Waals surface area contributed by atoms with Crippen LogP contribution in [0.1, 0.15) is 20.7 Å². The van der Waals surface area contributed by atoms with Crippen LogP contribution in [-0.2, 0) is 14.3 Å². The Hall–Kier alpha value is -3.50. The predicted molar refractivity (Wildman–Crippen MR) is 108 cm³/mol. The van der Waals surface area contributed by atoms with Crippen molar-refractivity contribution >= 4 is 40.8 Å². The molecule has 2 aromatic rings. The lowest BCUT2D eigenvalue weighted by molar-refractivity contribution is -0.384. The summed E-state index contributed by atoms with van der Waals surface area (Å²) in [5.74, 6) is -1.99. The van der Waals surface area contributed by atoms with Gasteiger partial charge in [-0.2, -0.15) is 0 Å². The highest BCUT2D eigenvalue weighted by atomic mass is 35.5. The van der Waals surface area contributed by atoms with Crippen molar-refractivity contribution < 1.29 is 28.8 Å². The van der Waals surface area contributed by atoms with Gasteiger partial charge in [-0.3, -0.25) is 19.7 Å². The molecule has 0 atom stereocenters. The minimum Gasteiger partial charge on any atom is -0.452 e. The van der Waals surface area contributed by atoms with Crippen LogP contribution in [0.15, 0.2) is 42.5 Å². The van der Waals surface area contributed by atoms with E-state index >= 15 is 0 Å². The number of nitro groups is 1. The molecule has 2 rings (SSSR count). The smallest absolute Gasteiger partial charge is 0.340 e. The molecule has 0 spiro atoms. The molecule has 0 aliphatic rings. The molecule has 0 unspecified atom stereocenters. The molecule has 0 heterocycles. The molecule has 2 aromatic carbocycles. The minimum atomic E-state index is -0.817. The molecule has 2 amide bonds. The number of amides is 2. The molecule has 2 N–H and O–H groups in total. The third-order valence-electron chi connectivity index (χ3n) is 3.77. The summed E-state index contributed by atoms with van der Waals surface area (Å²) in [6.07, 6.45) is 0. The number of anilines is 1. The van der Waals surface area contributed by atoms with E-state index in [0.29, 0.717) is 6.61 Å². The van der Waals surface area contributed by atoms with Gasteiger partial charge in [0.1, 0.15) is 0 Å². The fourth-order valence-electron chi connectivity index (χ4n) is 2.31. The quantitative estimate of drug-likeness (QED) is 0.267. The van der Waals surface area contributed by atoms with E-state index in [-0.39, 0.29) is 34.1 Å². The molecule has 0 fully saturated rings. The standard InChI is InChI=1S/C19H18ClN3O7/c1-29-9-8-21-17(24)11-30-19(26)14-4-2-3-5-16(14)22-18(25)13-7-6-12(23(27)28)10-15(13)20/h2-7,10H,8-9,11H2,1H3,(H,21,24)(H,22,25). The monoisotopic (exact) mass is 435 g/mol. The van der Waals surface area contributed by atoms with Crippen molar-refractivity contribution in [3.8, 4) is 0 Å². The van der Waals surface area contributed by atoms with Gasteiger partial charge in [0.15, 0.2) is 6.61 Å². The summed E-state index contributed by atoms with van der Waals surface area (Å²) in [5, 5.41) is 15.7. The summed E-state index contributed by atoms with van der Waals surface area (Å²) < 4.78 is 9.77. The van der Waals surface area contributed by atoms with E-state index < -0.39 is 29.3 Å². The van der Waals surface area contributed by atoms with Crippen LogP contribution in [0.2, 0.25) is 5.02 Å². The number of esters is 1. The van der Waals surface area contributed by atoms with E-state index in [1.807, 2.05) is 0 Å². The minimum absolute atomic E-state index is 0.0112. The first-order chi connectivity index (χ1) is 14.3. The first kappa shape index (κ1) is 22.8. The fraction of sp³-hybridized carbons (Fsp3) is 0.211. The Kier molecular flexibility index (Phi) is 8.27. The second-order valence-electron chi connectivity index (χ2n) is 5.84. The molecule has 10 nitrogen and oxygen atoms in total. The van der Waals surface area contributed by atoms with E-state index in [4.69, 9.17) is 21.1 Å². The van der Waals surface area contributed by atoms with Gasteiger partial charge in [-0.1, -0.05) is 23.7 Å². The maximum Gasteiger partial charge on any atom is 0.340 e. The van der Waals surface area contributed by atoms with Gasteiger partial charge in [-0.05, 0) is 18.2 Å². The van der Waals surface area contributed by atoms with Crippen molar-refractivity contribution in [1.29, 1.82) is 0 Å². The van der Waals surface area contributed by atoms with Crippen LogP contribution >= 0.6 is 11.6 Å². The Labute approximate surface area is 176 Å². The molecule has 11 heteroatoms. The van der Waals surface area contributed by atoms with Crippen molar-refractivity contribution in [2.75, 3.05) is 32.2 Å². The fourth-order valence-corrected chi connectivity index (χ4v) is 2.57. The molecule has 0 aromatic heterocycles. The highest BCUT2D eigenvalue weighted by molar-refractivity contribution is 6.34. The maximum atomic E-state index is 12.5. The number of nitro benzene ring substituents is 1. The van der Waals surface area contributed by atoms with Gasteiger partial charge >= 0.3 is 5.97 Å². The molecule has 0 saturated carbocycles. The third-order valence-corrected chi connectivity index (χ3v) is 4.08. The van der Waals surface area contributed by atoms with E-state index in [1.165, 1.54) is 25.3 Å². The SMILES string of the molecule is COCCNC(=O)COC(=O)c1ccccc1NC(=O)c1ccc([N+](=O)[O-])cc1Cl. The zero-order valence-electron chi connectivity index (χ0n) is 15.8. The Morgan fingerprint density at radius 1 is 1.13 bits per heavy atom. The first-order valence-electron chi connectivity index (χ1n) is 8.60. The van der Waals surface area contributed by atoms with Crippen molar-refractivity contribution in [3.05, 3.63) is 68.7 Å². The average Bonchev–Trinajstić information content (AvgIpc) is 2.72. The number of halogens is 1. The Balaban J connectivity index is 2.08. The summed E-state index contributed by atoms with van der Waals surface area (Å²) in [6.45, 7) is 0.0916. The molecule has 0 aliphatic carbocycles. The van der Waals surface area contributed by atoms with Gasteiger partial charge in [-0.25, -0.2) is 4.79 Å². The normalized spacial score (nSPS) is 10.2. The van der Waals surface area contributed by atoms with Crippen LogP contribution in [0.25, 0.3) is 0 Å². The molecule has 0 aliphatic heterocycles. The summed E-state index contributed by atoms with van der Waals surface area (Å²) in [4.78, 5) is 46.6. The Morgan fingerprint density at radius 2 is 1.87 bits per heavy atom. The molecular formula is C19H18ClN3O7. The van der Waals surface area contributed by atoms with E-state index in [9.17, 15) is 24.5 Å². The zero-order chi connectivity index (χ0) is 22.1. The zero-order valence-corrected chi connectivity index (χ0v) is 16.6. The third kappa shape index (κ3) is 6.26. The van der Waals surface area contributed by atoms with Crippen LogP contribution in [0.5, 0.6) is 0 Å². The Bertz CT molecular complexity index is 965. The van der Waals surface area contributed by atoms with E-state index in [1.54, 1.807) is 12.1 Å². The number of hydrogen-bond donors (Lipinski definition) is 2. The second-order valence-corrected chi connectivity index (χ2v) is 6.25. The second kappa shape index (κ2) is 10.9. The van der Waals surface area contributed by atoms with Gasteiger partial charge in [0, 0.05) is 25.8 Å². The van der Waals surface area contributed by atoms with Crippen molar-refractivity contribution in [2.24, 2.45) is 0 Å². The number of hydrogen-bond acceptors (Lipinski definition) is 7. The van der Waals surface area contributed by atoms with Gasteiger partial charge in [0.25, 0.3) is 17.5 Å². The maximum absolute atomic E-state index is 12.5. The van der Waals surface area contributed by atoms with Crippen LogP contribution in [0, 0.1) is 10.1 Å². The lowest BCUT2D eigenvalue weighted by atomic mass is 10.1. The largest absolute Gasteiger partial charge is 0.452 e. The molecule has 158 valence electrons. The summed E-state index contributed by atoms with van der Waals surface area (Å²) in [7, 11) is 1.49. The van der Waals surface area contributed by atoms with Crippen LogP contribution in [0.3, 0.4) is 0 Å². The number of methoxy groups -OCH3 is 1. The number of non-ortho nitro benzene ring substituents is 1. The summed E-state index contributed by atoms with van der Waals surface area (Å²) >= 11 is 5.96. The molecule has 30 heavy (non-hydrogen) atoms. The topological polar surface area (TPSA) is 137 Å². The molecular weight excluding hydrogens is 418 g/mol. The number of rotatable bonds is 9. The van der Waals surface area contributed by atoms with Crippen molar-refractivity contribution in [1.82, 2.24) is 5.32 Å².